The first-order valence-corrected chi connectivity index (χ1v) is 7.95. The molecule has 2 fully saturated rings. The van der Waals surface area contributed by atoms with Crippen LogP contribution in [0, 0.1) is 12.8 Å². The minimum atomic E-state index is -0.965. The summed E-state index contributed by atoms with van der Waals surface area (Å²) < 4.78 is 6.13. The minimum Gasteiger partial charge on any atom is -0.370 e. The molecule has 5 atom stereocenters. The van der Waals surface area contributed by atoms with Gasteiger partial charge in [-0.25, -0.2) is 4.99 Å². The highest BCUT2D eigenvalue weighted by Gasteiger charge is 2.66. The zero-order valence-corrected chi connectivity index (χ0v) is 13.5. The van der Waals surface area contributed by atoms with Crippen LogP contribution in [-0.2, 0) is 9.53 Å². The quantitative estimate of drug-likeness (QED) is 0.762. The van der Waals surface area contributed by atoms with Crippen LogP contribution in [-0.4, -0.2) is 41.2 Å². The molecule has 0 bridgehead atoms. The van der Waals surface area contributed by atoms with Crippen molar-refractivity contribution < 1.29 is 19.6 Å². The van der Waals surface area contributed by atoms with Gasteiger partial charge in [0.2, 0.25) is 5.91 Å². The molecule has 0 aromatic heterocycles. The van der Waals surface area contributed by atoms with Gasteiger partial charge < -0.3 is 9.84 Å². The van der Waals surface area contributed by atoms with Gasteiger partial charge in [-0.1, -0.05) is 17.7 Å². The highest BCUT2D eigenvalue weighted by atomic mass is 16.5. The average Bonchev–Trinajstić information content (AvgIpc) is 2.92. The maximum atomic E-state index is 13.0. The molecule has 120 valence electrons. The van der Waals surface area contributed by atoms with Crippen LogP contribution >= 0.6 is 0 Å². The number of rotatable bonds is 1. The number of amides is 1. The van der Waals surface area contributed by atoms with Crippen molar-refractivity contribution in [1.82, 2.24) is 0 Å². The lowest BCUT2D eigenvalue weighted by Crippen LogP contribution is -2.85. The van der Waals surface area contributed by atoms with Gasteiger partial charge in [-0.05, 0) is 39.0 Å². The summed E-state index contributed by atoms with van der Waals surface area (Å²) in [6.07, 6.45) is 2.45. The largest absolute Gasteiger partial charge is 0.370 e. The van der Waals surface area contributed by atoms with Crippen LogP contribution in [0.3, 0.4) is 0 Å². The van der Waals surface area contributed by atoms with Gasteiger partial charge in [-0.3, -0.25) is 9.69 Å². The second kappa shape index (κ2) is 4.76. The monoisotopic (exact) mass is 313 g/mol. The molecule has 0 radical (unpaired) electrons. The van der Waals surface area contributed by atoms with E-state index >= 15 is 0 Å². The van der Waals surface area contributed by atoms with Gasteiger partial charge in [0, 0.05) is 11.3 Å². The maximum absolute atomic E-state index is 13.0. The molecule has 4 rings (SSSR count). The van der Waals surface area contributed by atoms with Crippen molar-refractivity contribution in [2.45, 2.75) is 44.7 Å². The van der Waals surface area contributed by atoms with Crippen LogP contribution in [0.25, 0.3) is 0 Å². The summed E-state index contributed by atoms with van der Waals surface area (Å²) >= 11 is 0. The number of fused-ring (bicyclic) bond motifs is 3. The number of ether oxygens (including phenoxy) is 1. The summed E-state index contributed by atoms with van der Waals surface area (Å²) in [6, 6.07) is 7.44. The lowest BCUT2D eigenvalue weighted by molar-refractivity contribution is -0.517. The normalized spacial score (nSPS) is 38.5. The second-order valence-electron chi connectivity index (χ2n) is 6.93. The fourth-order valence-corrected chi connectivity index (χ4v) is 4.05. The van der Waals surface area contributed by atoms with Gasteiger partial charge in [0.25, 0.3) is 0 Å². The Morgan fingerprint density at radius 1 is 1.26 bits per heavy atom. The van der Waals surface area contributed by atoms with Crippen LogP contribution < -0.4 is 9.89 Å². The Hall–Kier alpha value is -1.98. The number of carbonyl (C=O) groups is 1. The number of hydrogen-bond acceptors (Lipinski definition) is 3. The third-order valence-electron chi connectivity index (χ3n) is 5.12. The van der Waals surface area contributed by atoms with Gasteiger partial charge >= 0.3 is 0 Å². The summed E-state index contributed by atoms with van der Waals surface area (Å²) in [4.78, 5) is 17.7. The van der Waals surface area contributed by atoms with Gasteiger partial charge in [-0.15, -0.1) is 0 Å². The molecule has 0 spiro atoms. The predicted octanol–water partition coefficient (Wildman–Crippen LogP) is -0.0864. The highest BCUT2D eigenvalue weighted by Crippen LogP contribution is 2.44. The maximum Gasteiger partial charge on any atom is 0.242 e. The van der Waals surface area contributed by atoms with Crippen molar-refractivity contribution >= 4 is 17.8 Å². The van der Waals surface area contributed by atoms with Crippen molar-refractivity contribution in [2.75, 3.05) is 4.90 Å². The molecule has 3 heterocycles. The SMILES string of the molecule is CC1=C[C@]2(C)O[C@@H]3C(O)N(c4ccc(C)cc4)C(=O)[C@@H]3[C@@H]2[NH+]=C1. The Kier molecular flexibility index (Phi) is 3.02. The summed E-state index contributed by atoms with van der Waals surface area (Å²) in [5.41, 5.74) is 2.33. The molecule has 1 unspecified atom stereocenters. The lowest BCUT2D eigenvalue weighted by Gasteiger charge is -2.30. The molecule has 5 nitrogen and oxygen atoms in total. The Morgan fingerprint density at radius 3 is 2.65 bits per heavy atom. The molecule has 3 aliphatic heterocycles. The molecular weight excluding hydrogens is 292 g/mol. The number of hydrogen-bond donors (Lipinski definition) is 2. The minimum absolute atomic E-state index is 0.0890. The molecule has 1 amide bonds. The first-order chi connectivity index (χ1) is 10.9. The van der Waals surface area contributed by atoms with Crippen molar-refractivity contribution in [3.05, 3.63) is 41.5 Å². The van der Waals surface area contributed by atoms with Crippen molar-refractivity contribution in [1.29, 1.82) is 0 Å². The third kappa shape index (κ3) is 2.00. The van der Waals surface area contributed by atoms with Crippen LogP contribution in [0.15, 0.2) is 35.9 Å². The molecule has 5 heteroatoms. The van der Waals surface area contributed by atoms with Gasteiger partial charge in [0.1, 0.15) is 17.6 Å². The molecule has 2 saturated heterocycles. The van der Waals surface area contributed by atoms with Gasteiger partial charge in [0.05, 0.1) is 0 Å². The van der Waals surface area contributed by atoms with E-state index in [4.69, 9.17) is 4.74 Å². The van der Waals surface area contributed by atoms with Crippen molar-refractivity contribution in [2.24, 2.45) is 5.92 Å². The van der Waals surface area contributed by atoms with Crippen molar-refractivity contribution in [3.63, 3.8) is 0 Å². The van der Waals surface area contributed by atoms with Gasteiger partial charge in [0.15, 0.2) is 18.5 Å². The van der Waals surface area contributed by atoms with E-state index in [0.29, 0.717) is 5.69 Å². The number of allylic oxidation sites excluding steroid dienone is 1. The second-order valence-corrected chi connectivity index (χ2v) is 6.93. The van der Waals surface area contributed by atoms with E-state index in [-0.39, 0.29) is 11.9 Å². The number of nitrogens with zero attached hydrogens (tertiary/aromatic N) is 1. The van der Waals surface area contributed by atoms with E-state index < -0.39 is 23.9 Å². The summed E-state index contributed by atoms with van der Waals surface area (Å²) in [6.45, 7) is 5.95. The Labute approximate surface area is 135 Å². The Balaban J connectivity index is 1.70. The third-order valence-corrected chi connectivity index (χ3v) is 5.12. The Morgan fingerprint density at radius 2 is 1.96 bits per heavy atom. The van der Waals surface area contributed by atoms with Gasteiger partial charge in [-0.2, -0.15) is 0 Å². The molecule has 3 aliphatic rings. The predicted molar refractivity (Wildman–Crippen MR) is 86.0 cm³/mol. The molecule has 1 aromatic rings. The first kappa shape index (κ1) is 14.6. The van der Waals surface area contributed by atoms with E-state index in [1.165, 1.54) is 4.90 Å². The average molecular weight is 313 g/mol. The molecule has 0 aliphatic carbocycles. The standard InChI is InChI=1S/C18H20N2O3/c1-10-4-6-12(7-5-10)20-16(21)13-14(17(20)22)23-18(3)8-11(2)9-19-15(13)18/h4-9,13-15,17,22H,1-3H3/p+1/t13-,14-,15-,17?,18-/m0/s1. The zero-order valence-electron chi connectivity index (χ0n) is 13.5. The Bertz CT molecular complexity index is 724. The van der Waals surface area contributed by atoms with E-state index in [1.807, 2.05) is 57.3 Å². The van der Waals surface area contributed by atoms with Crippen LogP contribution in [0.5, 0.6) is 0 Å². The van der Waals surface area contributed by atoms with E-state index in [0.717, 1.165) is 11.1 Å². The lowest BCUT2D eigenvalue weighted by atomic mass is 9.85. The number of aliphatic hydroxyl groups is 1. The number of aryl methyl sites for hydroxylation is 1. The van der Waals surface area contributed by atoms with Crippen LogP contribution in [0.1, 0.15) is 19.4 Å². The fraction of sp³-hybridized carbons (Fsp3) is 0.444. The summed E-state index contributed by atoms with van der Waals surface area (Å²) in [5.74, 6) is -0.481. The number of nitrogens with one attached hydrogen (secondary N) is 1. The smallest absolute Gasteiger partial charge is 0.242 e. The molecule has 0 saturated carbocycles. The first-order valence-electron chi connectivity index (χ1n) is 7.95. The van der Waals surface area contributed by atoms with Crippen LogP contribution in [0.2, 0.25) is 0 Å². The molecular formula is C18H21N2O3+. The van der Waals surface area contributed by atoms with E-state index in [9.17, 15) is 9.90 Å². The number of carbonyl (C=O) groups excluding carboxylic acids is 1. The topological polar surface area (TPSA) is 63.7 Å². The summed E-state index contributed by atoms with van der Waals surface area (Å²) in [5, 5.41) is 10.7. The zero-order chi connectivity index (χ0) is 16.4. The van der Waals surface area contributed by atoms with Crippen LogP contribution in [0.4, 0.5) is 5.69 Å². The number of benzene rings is 1. The molecule has 2 N–H and O–H groups in total. The molecule has 23 heavy (non-hydrogen) atoms. The fourth-order valence-electron chi connectivity index (χ4n) is 4.05. The molecule has 1 aromatic carbocycles. The number of aliphatic hydroxyl groups excluding tert-OH is 1. The van der Waals surface area contributed by atoms with E-state index in [1.54, 1.807) is 0 Å². The highest BCUT2D eigenvalue weighted by molar-refractivity contribution is 5.99. The van der Waals surface area contributed by atoms with E-state index in [2.05, 4.69) is 4.99 Å². The van der Waals surface area contributed by atoms with Crippen molar-refractivity contribution in [3.8, 4) is 0 Å². The number of anilines is 1. The summed E-state index contributed by atoms with van der Waals surface area (Å²) in [7, 11) is 0.